The third-order valence-electron chi connectivity index (χ3n) is 4.33. The van der Waals surface area contributed by atoms with E-state index in [1.54, 1.807) is 24.3 Å². The summed E-state index contributed by atoms with van der Waals surface area (Å²) in [5.41, 5.74) is -3.51. The molecule has 146 valence electrons. The standard InChI is InChI=1S/C20H23F3N2O2/c1-18(2,3)16(15-12-8-9-13-24-15)25-17(26)19(27-4,20(21,22)23)14-10-6-5-7-11-14/h5-13,16H,1-4H3,(H,25,26)/t16-,19?/m0/s1. The molecule has 0 radical (unpaired) electrons. The van der Waals surface area contributed by atoms with Gasteiger partial charge < -0.3 is 10.1 Å². The van der Waals surface area contributed by atoms with Crippen molar-refractivity contribution < 1.29 is 22.7 Å². The van der Waals surface area contributed by atoms with Crippen LogP contribution >= 0.6 is 0 Å². The Morgan fingerprint density at radius 1 is 1.04 bits per heavy atom. The highest BCUT2D eigenvalue weighted by Crippen LogP contribution is 2.43. The van der Waals surface area contributed by atoms with Gasteiger partial charge in [-0.2, -0.15) is 13.2 Å². The molecule has 2 atom stereocenters. The maximum Gasteiger partial charge on any atom is 0.430 e. The van der Waals surface area contributed by atoms with E-state index in [0.29, 0.717) is 5.69 Å². The quantitative estimate of drug-likeness (QED) is 0.837. The molecular formula is C20H23F3N2O2. The molecule has 0 bridgehead atoms. The molecular weight excluding hydrogens is 357 g/mol. The van der Waals surface area contributed by atoms with Gasteiger partial charge in [0.15, 0.2) is 0 Å². The molecule has 0 saturated heterocycles. The molecule has 1 unspecified atom stereocenters. The van der Waals surface area contributed by atoms with Gasteiger partial charge in [-0.25, -0.2) is 0 Å². The van der Waals surface area contributed by atoms with Crippen molar-refractivity contribution in [2.75, 3.05) is 7.11 Å². The zero-order valence-corrected chi connectivity index (χ0v) is 15.7. The monoisotopic (exact) mass is 380 g/mol. The van der Waals surface area contributed by atoms with Crippen molar-refractivity contribution in [3.63, 3.8) is 0 Å². The van der Waals surface area contributed by atoms with Crippen LogP contribution in [0.15, 0.2) is 54.7 Å². The number of ether oxygens (including phenoxy) is 1. The highest BCUT2D eigenvalue weighted by Gasteiger charge is 2.63. The van der Waals surface area contributed by atoms with Crippen LogP contribution in [-0.2, 0) is 15.1 Å². The van der Waals surface area contributed by atoms with Crippen molar-refractivity contribution in [2.45, 2.75) is 38.6 Å². The molecule has 1 aromatic carbocycles. The highest BCUT2D eigenvalue weighted by atomic mass is 19.4. The second-order valence-electron chi connectivity index (χ2n) is 7.28. The predicted molar refractivity (Wildman–Crippen MR) is 95.8 cm³/mol. The molecule has 2 aromatic rings. The molecule has 0 fully saturated rings. The van der Waals surface area contributed by atoms with Crippen molar-refractivity contribution in [3.8, 4) is 0 Å². The largest absolute Gasteiger partial charge is 0.430 e. The van der Waals surface area contributed by atoms with Crippen LogP contribution in [0.3, 0.4) is 0 Å². The Kier molecular flexibility index (Phi) is 5.94. The van der Waals surface area contributed by atoms with Gasteiger partial charge in [-0.1, -0.05) is 57.2 Å². The number of hydrogen-bond donors (Lipinski definition) is 1. The molecule has 27 heavy (non-hydrogen) atoms. The lowest BCUT2D eigenvalue weighted by Gasteiger charge is -2.37. The Bertz CT molecular complexity index is 758. The summed E-state index contributed by atoms with van der Waals surface area (Å²) in [4.78, 5) is 17.2. The van der Waals surface area contributed by atoms with Gasteiger partial charge in [-0.05, 0) is 17.5 Å². The zero-order valence-electron chi connectivity index (χ0n) is 15.7. The number of amides is 1. The van der Waals surface area contributed by atoms with Gasteiger partial charge in [0.2, 0.25) is 0 Å². The second-order valence-corrected chi connectivity index (χ2v) is 7.28. The van der Waals surface area contributed by atoms with Crippen LogP contribution in [0, 0.1) is 5.41 Å². The zero-order chi connectivity index (χ0) is 20.3. The fourth-order valence-corrected chi connectivity index (χ4v) is 2.94. The van der Waals surface area contributed by atoms with E-state index in [2.05, 4.69) is 10.3 Å². The van der Waals surface area contributed by atoms with E-state index in [1.165, 1.54) is 30.5 Å². The SMILES string of the molecule is COC(C(=O)N[C@@H](c1ccccn1)C(C)(C)C)(c1ccccc1)C(F)(F)F. The van der Waals surface area contributed by atoms with Crippen molar-refractivity contribution in [1.82, 2.24) is 10.3 Å². The van der Waals surface area contributed by atoms with Gasteiger partial charge in [0.1, 0.15) is 0 Å². The number of hydrogen-bond acceptors (Lipinski definition) is 3. The molecule has 4 nitrogen and oxygen atoms in total. The maximum atomic E-state index is 14.1. The molecule has 0 spiro atoms. The molecule has 7 heteroatoms. The number of pyridine rings is 1. The first-order chi connectivity index (χ1) is 12.5. The molecule has 1 heterocycles. The lowest BCUT2D eigenvalue weighted by atomic mass is 9.83. The Balaban J connectivity index is 2.52. The van der Waals surface area contributed by atoms with E-state index in [0.717, 1.165) is 7.11 Å². The van der Waals surface area contributed by atoms with Crippen LogP contribution in [-0.4, -0.2) is 24.2 Å². The third-order valence-corrected chi connectivity index (χ3v) is 4.33. The van der Waals surface area contributed by atoms with E-state index < -0.39 is 29.1 Å². The fraction of sp³-hybridized carbons (Fsp3) is 0.400. The van der Waals surface area contributed by atoms with Crippen molar-refractivity contribution in [2.24, 2.45) is 5.41 Å². The summed E-state index contributed by atoms with van der Waals surface area (Å²) in [6, 6.07) is 11.2. The van der Waals surface area contributed by atoms with E-state index in [4.69, 9.17) is 4.74 Å². The summed E-state index contributed by atoms with van der Waals surface area (Å²) in [5, 5.41) is 2.52. The van der Waals surface area contributed by atoms with Gasteiger partial charge in [0.25, 0.3) is 11.5 Å². The summed E-state index contributed by atoms with van der Waals surface area (Å²) < 4.78 is 47.0. The van der Waals surface area contributed by atoms with Gasteiger partial charge in [-0.15, -0.1) is 0 Å². The molecule has 2 rings (SSSR count). The second kappa shape index (κ2) is 7.68. The minimum Gasteiger partial charge on any atom is -0.356 e. The average molecular weight is 380 g/mol. The summed E-state index contributed by atoms with van der Waals surface area (Å²) >= 11 is 0. The molecule has 0 aliphatic heterocycles. The van der Waals surface area contributed by atoms with E-state index in [1.807, 2.05) is 20.8 Å². The van der Waals surface area contributed by atoms with E-state index >= 15 is 0 Å². The number of nitrogens with zero attached hydrogens (tertiary/aromatic N) is 1. The van der Waals surface area contributed by atoms with Crippen LogP contribution < -0.4 is 5.32 Å². The normalized spacial score (nSPS) is 15.7. The van der Waals surface area contributed by atoms with E-state index in [9.17, 15) is 18.0 Å². The predicted octanol–water partition coefficient (Wildman–Crippen LogP) is 4.39. The minimum absolute atomic E-state index is 0.286. The van der Waals surface area contributed by atoms with Gasteiger partial charge >= 0.3 is 6.18 Å². The number of carbonyl (C=O) groups excluding carboxylic acids is 1. The smallest absolute Gasteiger partial charge is 0.356 e. The molecule has 1 aromatic heterocycles. The number of benzene rings is 1. The highest BCUT2D eigenvalue weighted by molar-refractivity contribution is 5.88. The van der Waals surface area contributed by atoms with Crippen molar-refractivity contribution in [1.29, 1.82) is 0 Å². The number of alkyl halides is 3. The first-order valence-corrected chi connectivity index (χ1v) is 8.43. The van der Waals surface area contributed by atoms with Crippen LogP contribution in [0.2, 0.25) is 0 Å². The molecule has 0 aliphatic rings. The molecule has 1 N–H and O–H groups in total. The van der Waals surface area contributed by atoms with Gasteiger partial charge in [0, 0.05) is 18.9 Å². The van der Waals surface area contributed by atoms with Crippen LogP contribution in [0.5, 0.6) is 0 Å². The van der Waals surface area contributed by atoms with Crippen molar-refractivity contribution in [3.05, 3.63) is 66.0 Å². The first-order valence-electron chi connectivity index (χ1n) is 8.43. The van der Waals surface area contributed by atoms with Crippen LogP contribution in [0.1, 0.15) is 38.1 Å². The van der Waals surface area contributed by atoms with Crippen molar-refractivity contribution >= 4 is 5.91 Å². The Hall–Kier alpha value is -2.41. The Morgan fingerprint density at radius 2 is 1.63 bits per heavy atom. The summed E-state index contributed by atoms with van der Waals surface area (Å²) in [7, 11) is 0.882. The summed E-state index contributed by atoms with van der Waals surface area (Å²) in [6.07, 6.45) is -3.43. The Labute approximate surface area is 156 Å². The number of methoxy groups -OCH3 is 1. The molecule has 0 aliphatic carbocycles. The minimum atomic E-state index is -4.96. The molecule has 1 amide bonds. The number of halogens is 3. The molecule has 0 saturated carbocycles. The first kappa shape index (κ1) is 20.9. The lowest BCUT2D eigenvalue weighted by molar-refractivity contribution is -0.266. The average Bonchev–Trinajstić information content (AvgIpc) is 2.60. The Morgan fingerprint density at radius 3 is 2.07 bits per heavy atom. The number of nitrogens with one attached hydrogen (secondary N) is 1. The van der Waals surface area contributed by atoms with Crippen LogP contribution in [0.4, 0.5) is 13.2 Å². The number of carbonyl (C=O) groups is 1. The fourth-order valence-electron chi connectivity index (χ4n) is 2.94. The topological polar surface area (TPSA) is 51.2 Å². The number of aromatic nitrogens is 1. The summed E-state index contributed by atoms with van der Waals surface area (Å²) in [6.45, 7) is 5.45. The van der Waals surface area contributed by atoms with E-state index in [-0.39, 0.29) is 5.56 Å². The number of rotatable bonds is 5. The summed E-state index contributed by atoms with van der Waals surface area (Å²) in [5.74, 6) is -1.28. The third kappa shape index (κ3) is 4.13. The van der Waals surface area contributed by atoms with Gasteiger partial charge in [0.05, 0.1) is 11.7 Å². The van der Waals surface area contributed by atoms with Crippen LogP contribution in [0.25, 0.3) is 0 Å². The van der Waals surface area contributed by atoms with Gasteiger partial charge in [-0.3, -0.25) is 9.78 Å². The maximum absolute atomic E-state index is 14.1. The lowest BCUT2D eigenvalue weighted by Crippen LogP contribution is -2.57.